The molecule has 0 aliphatic carbocycles. The van der Waals surface area contributed by atoms with E-state index in [-0.39, 0.29) is 11.9 Å². The molecule has 1 atom stereocenters. The van der Waals surface area contributed by atoms with E-state index in [0.29, 0.717) is 24.1 Å². The first-order valence-corrected chi connectivity index (χ1v) is 7.27. The number of halogens is 1. The first-order valence-electron chi connectivity index (χ1n) is 6.89. The monoisotopic (exact) mass is 297 g/mol. The molecule has 0 aromatic carbocycles. The van der Waals surface area contributed by atoms with Gasteiger partial charge in [-0.25, -0.2) is 4.98 Å². The van der Waals surface area contributed by atoms with Crippen LogP contribution in [0.3, 0.4) is 0 Å². The van der Waals surface area contributed by atoms with Crippen molar-refractivity contribution in [3.8, 4) is 0 Å². The molecule has 6 heteroatoms. The smallest absolute Gasteiger partial charge is 0.314 e. The second-order valence-electron chi connectivity index (χ2n) is 5.40. The van der Waals surface area contributed by atoms with Crippen molar-refractivity contribution >= 4 is 23.4 Å². The van der Waals surface area contributed by atoms with Gasteiger partial charge in [0.05, 0.1) is 24.4 Å². The van der Waals surface area contributed by atoms with Crippen LogP contribution in [0.4, 0.5) is 5.82 Å². The first-order chi connectivity index (χ1) is 9.49. The van der Waals surface area contributed by atoms with Crippen molar-refractivity contribution in [2.24, 2.45) is 11.3 Å². The fourth-order valence-electron chi connectivity index (χ4n) is 2.66. The highest BCUT2D eigenvalue weighted by molar-refractivity contribution is 6.29. The summed E-state index contributed by atoms with van der Waals surface area (Å²) in [6, 6.07) is 0. The molecular weight excluding hydrogens is 278 g/mol. The van der Waals surface area contributed by atoms with Crippen molar-refractivity contribution in [2.75, 3.05) is 24.6 Å². The van der Waals surface area contributed by atoms with Crippen LogP contribution in [-0.4, -0.2) is 35.6 Å². The summed E-state index contributed by atoms with van der Waals surface area (Å²) in [6.07, 6.45) is 3.94. The van der Waals surface area contributed by atoms with E-state index in [4.69, 9.17) is 16.3 Å². The summed E-state index contributed by atoms with van der Waals surface area (Å²) < 4.78 is 5.27. The number of nitrogens with zero attached hydrogens (tertiary/aromatic N) is 3. The minimum absolute atomic E-state index is 0.118. The number of esters is 1. The third kappa shape index (κ3) is 2.73. The molecule has 1 aromatic heterocycles. The zero-order valence-electron chi connectivity index (χ0n) is 12.1. The molecule has 0 saturated carbocycles. The Labute approximate surface area is 124 Å². The van der Waals surface area contributed by atoms with E-state index < -0.39 is 5.41 Å². The number of carbonyl (C=O) groups excluding carboxylic acids is 1. The summed E-state index contributed by atoms with van der Waals surface area (Å²) >= 11 is 5.88. The van der Waals surface area contributed by atoms with E-state index in [1.165, 1.54) is 6.20 Å². The van der Waals surface area contributed by atoms with Crippen LogP contribution in [0.15, 0.2) is 12.4 Å². The second kappa shape index (κ2) is 5.95. The summed E-state index contributed by atoms with van der Waals surface area (Å²) in [6.45, 7) is 7.71. The van der Waals surface area contributed by atoms with E-state index in [1.54, 1.807) is 6.20 Å². The maximum atomic E-state index is 12.3. The molecule has 0 amide bonds. The van der Waals surface area contributed by atoms with Crippen LogP contribution in [0.1, 0.15) is 27.2 Å². The summed E-state index contributed by atoms with van der Waals surface area (Å²) in [5, 5.41) is 0.362. The van der Waals surface area contributed by atoms with E-state index in [2.05, 4.69) is 28.7 Å². The van der Waals surface area contributed by atoms with Crippen LogP contribution in [0.25, 0.3) is 0 Å². The van der Waals surface area contributed by atoms with Gasteiger partial charge in [-0.15, -0.1) is 0 Å². The largest absolute Gasteiger partial charge is 0.466 e. The van der Waals surface area contributed by atoms with Crippen LogP contribution in [0, 0.1) is 11.3 Å². The fourth-order valence-corrected chi connectivity index (χ4v) is 2.80. The highest BCUT2D eigenvalue weighted by Gasteiger charge is 2.48. The number of hydrogen-bond donors (Lipinski definition) is 0. The standard InChI is InChI=1S/C14H20ClN3O2/c1-4-20-13(19)14(10(2)3)5-6-18(9-14)12-8-16-7-11(15)17-12/h7-8,10H,4-6,9H2,1-3H3. The predicted octanol–water partition coefficient (Wildman–Crippen LogP) is 2.55. The molecule has 2 heterocycles. The Hall–Kier alpha value is -1.36. The van der Waals surface area contributed by atoms with Crippen molar-refractivity contribution in [1.29, 1.82) is 0 Å². The van der Waals surface area contributed by atoms with E-state index in [0.717, 1.165) is 13.0 Å². The molecule has 0 N–H and O–H groups in total. The molecule has 1 aliphatic rings. The lowest BCUT2D eigenvalue weighted by Gasteiger charge is -2.30. The van der Waals surface area contributed by atoms with Crippen LogP contribution in [0.5, 0.6) is 0 Å². The minimum Gasteiger partial charge on any atom is -0.466 e. The lowest BCUT2D eigenvalue weighted by Crippen LogP contribution is -2.40. The predicted molar refractivity (Wildman–Crippen MR) is 77.8 cm³/mol. The molecule has 5 nitrogen and oxygen atoms in total. The van der Waals surface area contributed by atoms with Gasteiger partial charge in [-0.05, 0) is 19.3 Å². The quantitative estimate of drug-likeness (QED) is 0.799. The van der Waals surface area contributed by atoms with Crippen LogP contribution in [-0.2, 0) is 9.53 Å². The van der Waals surface area contributed by atoms with Gasteiger partial charge in [-0.1, -0.05) is 25.4 Å². The highest BCUT2D eigenvalue weighted by Crippen LogP contribution is 2.40. The molecule has 110 valence electrons. The van der Waals surface area contributed by atoms with Gasteiger partial charge in [0.25, 0.3) is 0 Å². The van der Waals surface area contributed by atoms with Gasteiger partial charge in [0, 0.05) is 13.1 Å². The van der Waals surface area contributed by atoms with Crippen LogP contribution >= 0.6 is 11.6 Å². The highest BCUT2D eigenvalue weighted by atomic mass is 35.5. The maximum absolute atomic E-state index is 12.3. The Balaban J connectivity index is 2.21. The van der Waals surface area contributed by atoms with Crippen molar-refractivity contribution in [3.05, 3.63) is 17.5 Å². The molecule has 1 aromatic rings. The van der Waals surface area contributed by atoms with Gasteiger partial charge in [-0.2, -0.15) is 0 Å². The average Bonchev–Trinajstić information content (AvgIpc) is 2.85. The molecule has 2 rings (SSSR count). The van der Waals surface area contributed by atoms with E-state index >= 15 is 0 Å². The normalized spacial score (nSPS) is 22.4. The molecule has 0 radical (unpaired) electrons. The average molecular weight is 298 g/mol. The number of ether oxygens (including phenoxy) is 1. The van der Waals surface area contributed by atoms with E-state index in [1.807, 2.05) is 6.92 Å². The van der Waals surface area contributed by atoms with Crippen molar-refractivity contribution in [3.63, 3.8) is 0 Å². The summed E-state index contributed by atoms with van der Waals surface area (Å²) in [5.41, 5.74) is -0.472. The molecule has 0 bridgehead atoms. The van der Waals surface area contributed by atoms with Crippen LogP contribution < -0.4 is 4.90 Å². The van der Waals surface area contributed by atoms with Gasteiger partial charge in [-0.3, -0.25) is 9.78 Å². The number of aromatic nitrogens is 2. The van der Waals surface area contributed by atoms with Gasteiger partial charge in [0.2, 0.25) is 0 Å². The zero-order chi connectivity index (χ0) is 14.8. The van der Waals surface area contributed by atoms with Gasteiger partial charge in [0.1, 0.15) is 11.0 Å². The summed E-state index contributed by atoms with van der Waals surface area (Å²) in [5.74, 6) is 0.801. The van der Waals surface area contributed by atoms with Gasteiger partial charge >= 0.3 is 5.97 Å². The molecule has 0 spiro atoms. The first kappa shape index (κ1) is 15.0. The molecule has 1 saturated heterocycles. The van der Waals surface area contributed by atoms with E-state index in [9.17, 15) is 4.79 Å². The minimum atomic E-state index is -0.472. The number of rotatable bonds is 4. The zero-order valence-corrected chi connectivity index (χ0v) is 12.9. The Morgan fingerprint density at radius 3 is 2.90 bits per heavy atom. The third-order valence-corrected chi connectivity index (χ3v) is 4.19. The Morgan fingerprint density at radius 1 is 1.55 bits per heavy atom. The molecule has 1 fully saturated rings. The Bertz CT molecular complexity index is 495. The lowest BCUT2D eigenvalue weighted by molar-refractivity contribution is -0.156. The molecule has 20 heavy (non-hydrogen) atoms. The number of anilines is 1. The topological polar surface area (TPSA) is 55.3 Å². The van der Waals surface area contributed by atoms with Crippen LogP contribution in [0.2, 0.25) is 5.15 Å². The molecular formula is C14H20ClN3O2. The number of carbonyl (C=O) groups is 1. The summed E-state index contributed by atoms with van der Waals surface area (Å²) in [4.78, 5) is 22.7. The Kier molecular flexibility index (Phi) is 4.48. The van der Waals surface area contributed by atoms with Gasteiger partial charge in [0.15, 0.2) is 0 Å². The maximum Gasteiger partial charge on any atom is 0.314 e. The third-order valence-electron chi connectivity index (χ3n) is 4.00. The second-order valence-corrected chi connectivity index (χ2v) is 5.79. The lowest BCUT2D eigenvalue weighted by atomic mass is 9.76. The number of hydrogen-bond acceptors (Lipinski definition) is 5. The van der Waals surface area contributed by atoms with Crippen molar-refractivity contribution in [2.45, 2.75) is 27.2 Å². The molecule has 1 unspecified atom stereocenters. The van der Waals surface area contributed by atoms with Gasteiger partial charge < -0.3 is 9.64 Å². The van der Waals surface area contributed by atoms with Crippen molar-refractivity contribution in [1.82, 2.24) is 9.97 Å². The summed E-state index contributed by atoms with van der Waals surface area (Å²) in [7, 11) is 0. The molecule has 1 aliphatic heterocycles. The Morgan fingerprint density at radius 2 is 2.30 bits per heavy atom. The van der Waals surface area contributed by atoms with Crippen molar-refractivity contribution < 1.29 is 9.53 Å². The SMILES string of the molecule is CCOC(=O)C1(C(C)C)CCN(c2cncc(Cl)n2)C1. The fraction of sp³-hybridized carbons (Fsp3) is 0.643.